The monoisotopic (exact) mass is 2590 g/mol. The Hall–Kier alpha value is -11.7. The molecule has 0 fully saturated rings. The molecule has 0 bridgehead atoms. The third-order valence-electron chi connectivity index (χ3n) is 22.2. The number of hydrogen-bond donors (Lipinski definition) is 1. The van der Waals surface area contributed by atoms with Crippen LogP contribution < -0.4 is 52.2 Å². The van der Waals surface area contributed by atoms with Crippen LogP contribution >= 0.6 is 31.7 Å². The first-order valence-corrected chi connectivity index (χ1v) is 56.6. The number of pyridine rings is 6. The maximum atomic E-state index is 12.4. The van der Waals surface area contributed by atoms with Crippen molar-refractivity contribution in [1.29, 1.82) is 0 Å². The Morgan fingerprint density at radius 3 is 0.760 bits per heavy atom. The van der Waals surface area contributed by atoms with Crippen molar-refractivity contribution in [3.63, 3.8) is 0 Å². The fraction of sp³-hybridized carbons (Fsp3) is 0.222. The second kappa shape index (κ2) is 60.5. The summed E-state index contributed by atoms with van der Waals surface area (Å²) in [5, 5.41) is 49.7. The molecule has 0 saturated carbocycles. The number of aryl methyl sites for hydroxylation is 2. The third kappa shape index (κ3) is 40.8. The fourth-order valence-electron chi connectivity index (χ4n) is 13.7. The number of ketones is 1. The molecule has 0 spiro atoms. The van der Waals surface area contributed by atoms with Gasteiger partial charge in [0.05, 0.1) is 121 Å². The molecular formula is C117H126EuF6N18O2Os2P4+4. The molecular weight excluding hydrogens is 2460 g/mol. The molecule has 19 rings (SSSR count). The molecule has 9 aromatic carbocycles. The number of allylic oxidation sites excluding steroid dienone is 1. The molecule has 1 N–H and O–H groups in total. The number of nitrogens with zero attached hydrogens (tertiary/aromatic N) is 18. The van der Waals surface area contributed by atoms with Gasteiger partial charge in [-0.05, 0) is 215 Å². The smallest absolute Gasteiger partial charge is 0.507 e. The van der Waals surface area contributed by atoms with Crippen LogP contribution in [-0.2, 0) is 73.6 Å². The number of hydrogen-bond acceptors (Lipinski definition) is 16. The van der Waals surface area contributed by atoms with Crippen molar-refractivity contribution in [1.82, 2.24) is 90.6 Å². The van der Waals surface area contributed by atoms with Crippen LogP contribution in [0.15, 0.2) is 371 Å². The van der Waals surface area contributed by atoms with E-state index in [-0.39, 0.29) is 161 Å². The predicted molar refractivity (Wildman–Crippen MR) is 599 cm³/mol. The van der Waals surface area contributed by atoms with Gasteiger partial charge >= 0.3 is 51.9 Å². The second-order valence-corrected chi connectivity index (χ2v) is 48.2. The first-order chi connectivity index (χ1) is 69.9. The molecule has 0 amide bonds. The van der Waals surface area contributed by atoms with Gasteiger partial charge in [-0.15, -0.1) is 0 Å². The number of benzene rings is 9. The summed E-state index contributed by atoms with van der Waals surface area (Å²) in [7, 11) is -1.51. The van der Waals surface area contributed by atoms with Crippen molar-refractivity contribution < 1.29 is 125 Å². The Kier molecular flexibility index (Phi) is 50.5. The van der Waals surface area contributed by atoms with Crippen molar-refractivity contribution in [3.05, 3.63) is 428 Å². The number of aliphatic hydroxyl groups is 1. The number of carbonyl (C=O) groups excluding carboxylic acids is 1. The zero-order valence-electron chi connectivity index (χ0n) is 87.5. The van der Waals surface area contributed by atoms with E-state index < -0.39 is 39.8 Å². The summed E-state index contributed by atoms with van der Waals surface area (Å²) in [6.45, 7) is 42.5. The maximum Gasteiger partial charge on any atom is 2.00 e. The molecule has 0 aliphatic carbocycles. The summed E-state index contributed by atoms with van der Waals surface area (Å²) in [4.78, 5) is 52.2. The number of alkyl halides is 6. The average Bonchev–Trinajstić information content (AvgIpc) is 1.35. The van der Waals surface area contributed by atoms with E-state index in [2.05, 4.69) is 378 Å². The van der Waals surface area contributed by atoms with E-state index in [1.807, 2.05) is 128 Å². The van der Waals surface area contributed by atoms with E-state index in [0.717, 1.165) is 44.3 Å². The van der Waals surface area contributed by atoms with E-state index in [1.54, 1.807) is 73.3 Å². The second-order valence-electron chi connectivity index (χ2n) is 38.3. The van der Waals surface area contributed by atoms with Gasteiger partial charge in [0.1, 0.15) is 17.4 Å². The number of rotatable bonds is 13. The molecule has 33 heteroatoms. The number of carbonyl (C=O) groups is 1. The molecule has 777 valence electrons. The number of fused-ring (bicyclic) bond motifs is 3. The quantitative estimate of drug-likeness (QED) is 0.0280. The van der Waals surface area contributed by atoms with E-state index in [9.17, 15) is 36.2 Å². The molecule has 0 atom stereocenters. The summed E-state index contributed by atoms with van der Waals surface area (Å²) >= 11 is 0. The van der Waals surface area contributed by atoms with E-state index in [1.165, 1.54) is 61.4 Å². The number of aromatic nitrogens is 18. The molecule has 20 nitrogen and oxygen atoms in total. The SMILES string of the molecule is CC(C)(C)c1ccnc(-c2nc(C(F)(F)F)n[n-]2)c1.CC(C)(C)c1ccnc(-c2nc(C(F)(F)F)n[n-]2)c1.C[PH+](C)c1ccccc1.C[PH+](C)c1ccccc1.C[PH+](c1ccccc1)c1ccccc1.C[PH+](c1ccccc1)c1ccccc1.Cc1n[n-]c(-c2cc(C(C)(C)C)ccn2)n1.Cc1n[n-]c(-c2cc(C(C)(C)C)ccn2)n1.O=C(C=C(O)c1ccccc1)c1ccccc1.[Eu].[Os+2].[Os+2].c1cnc2c(c1)ccc1cccnc12. The Bertz CT molecular complexity index is 6790. The third-order valence-corrected chi connectivity index (χ3v) is 30.0. The van der Waals surface area contributed by atoms with Crippen LogP contribution in [0.4, 0.5) is 26.3 Å². The van der Waals surface area contributed by atoms with Crippen LogP contribution in [0.5, 0.6) is 0 Å². The van der Waals surface area contributed by atoms with Crippen molar-refractivity contribution in [2.45, 2.75) is 131 Å². The summed E-state index contributed by atoms with van der Waals surface area (Å²) in [6, 6.07) is 109. The van der Waals surface area contributed by atoms with Gasteiger partial charge in [-0.25, -0.2) is 0 Å². The largest absolute Gasteiger partial charge is 2.00 e. The minimum atomic E-state index is -4.59. The first-order valence-electron chi connectivity index (χ1n) is 47.6. The Morgan fingerprint density at radius 2 is 0.533 bits per heavy atom. The van der Waals surface area contributed by atoms with Gasteiger partial charge in [-0.1, -0.05) is 277 Å². The maximum absolute atomic E-state index is 12.4. The Morgan fingerprint density at radius 1 is 0.293 bits per heavy atom. The summed E-state index contributed by atoms with van der Waals surface area (Å²) in [5.74, 6) is -0.373. The van der Waals surface area contributed by atoms with Crippen LogP contribution in [0.25, 0.3) is 73.6 Å². The Labute approximate surface area is 948 Å². The number of aliphatic hydroxyl groups excluding tert-OH is 1. The van der Waals surface area contributed by atoms with Crippen LogP contribution in [0.1, 0.15) is 145 Å². The normalized spacial score (nSPS) is 11.2. The van der Waals surface area contributed by atoms with Gasteiger partial charge in [0, 0.05) is 142 Å². The average molecular weight is 2590 g/mol. The van der Waals surface area contributed by atoms with E-state index >= 15 is 0 Å². The molecule has 10 heterocycles. The molecule has 1 radical (unpaired) electrons. The van der Waals surface area contributed by atoms with Crippen LogP contribution in [0, 0.1) is 63.2 Å². The zero-order valence-corrected chi connectivity index (χ0v) is 99.0. The van der Waals surface area contributed by atoms with Crippen LogP contribution in [0.2, 0.25) is 0 Å². The van der Waals surface area contributed by atoms with Gasteiger partial charge < -0.3 is 45.4 Å². The minimum Gasteiger partial charge on any atom is -0.507 e. The molecule has 0 aliphatic rings. The van der Waals surface area contributed by atoms with Gasteiger partial charge in [0.2, 0.25) is 0 Å². The molecule has 0 unspecified atom stereocenters. The molecule has 19 aromatic rings. The topological polar surface area (TPSA) is 274 Å². The van der Waals surface area contributed by atoms with Crippen molar-refractivity contribution >= 4 is 96.9 Å². The fourth-order valence-corrected chi connectivity index (χ4v) is 18.8. The predicted octanol–water partition coefficient (Wildman–Crippen LogP) is 24.6. The molecule has 150 heavy (non-hydrogen) atoms. The van der Waals surface area contributed by atoms with Gasteiger partial charge in [-0.2, -0.15) is 26.3 Å². The minimum absolute atomic E-state index is 0. The zero-order chi connectivity index (χ0) is 106. The number of halogens is 6. The van der Waals surface area contributed by atoms with Crippen molar-refractivity contribution in [2.75, 3.05) is 40.0 Å². The van der Waals surface area contributed by atoms with Gasteiger partial charge in [-0.3, -0.25) is 55.1 Å². The van der Waals surface area contributed by atoms with Gasteiger partial charge in [0.15, 0.2) is 5.78 Å². The standard InChI is InChI=1S/C15H12O2.2C13H13P.2C12H12F3N4.2C12H15N4.C12H8N2.2C8H11P.Eu.2Os/c16-14(12-7-3-1-4-8-12)11-15(17)13-9-5-2-6-10-13;2*1-14(12-8-4-2-5-9-12)13-10-6-3-7-11-13;2*1-11(2,3)7-4-5-16-8(6-7)9-17-10(19-18-9)12(13,14)15;2*1-8-14-11(16-15-8)10-7-9(5-6-13-10)12(2,3)4;1-3-9-5-6-10-4-2-8-14-12(10)11(9)13-7-1;2*1-9(2)8-6-4-3-5-7-8;;;/h1-11,16H;2*2-11H,1H3;2*4-6H,1-3H3;2*5-7H,1-4H3;1-8H;2*3-7H,1-2H3;;;/q;;;4*-1;;;;;2*+2/p+4. The van der Waals surface area contributed by atoms with Crippen LogP contribution in [-0.4, -0.2) is 121 Å². The van der Waals surface area contributed by atoms with Crippen molar-refractivity contribution in [2.24, 2.45) is 0 Å². The Balaban J connectivity index is 0.000000226. The van der Waals surface area contributed by atoms with Crippen LogP contribution in [0.3, 0.4) is 0 Å². The van der Waals surface area contributed by atoms with E-state index in [4.69, 9.17) is 0 Å². The summed E-state index contributed by atoms with van der Waals surface area (Å²) < 4.78 is 74.4. The van der Waals surface area contributed by atoms with Crippen molar-refractivity contribution in [3.8, 4) is 46.1 Å². The molecule has 10 aromatic heterocycles. The molecule has 0 aliphatic heterocycles. The van der Waals surface area contributed by atoms with Gasteiger partial charge in [0.25, 0.3) is 0 Å². The summed E-state index contributed by atoms with van der Waals surface area (Å²) in [5.41, 5.74) is 9.57. The molecule has 0 saturated heterocycles. The van der Waals surface area contributed by atoms with E-state index in [0.29, 0.717) is 34.4 Å². The first kappa shape index (κ1) is 125. The summed E-state index contributed by atoms with van der Waals surface area (Å²) in [6.07, 6.45) is 2.31.